The number of hydrogen-bond donors (Lipinski definition) is 3. The van der Waals surface area contributed by atoms with Gasteiger partial charge in [-0.3, -0.25) is 14.4 Å². The number of benzene rings is 2. The molecule has 7 heteroatoms. The molecule has 1 aliphatic heterocycles. The third-order valence-electron chi connectivity index (χ3n) is 5.00. The maximum Gasteiger partial charge on any atom is 0.255 e. The van der Waals surface area contributed by atoms with Crippen molar-refractivity contribution in [2.75, 3.05) is 25.1 Å². The van der Waals surface area contributed by atoms with E-state index in [4.69, 9.17) is 10.5 Å². The molecule has 1 heterocycles. The maximum atomic E-state index is 12.4. The van der Waals surface area contributed by atoms with Gasteiger partial charge in [0, 0.05) is 36.6 Å². The quantitative estimate of drug-likeness (QED) is 0.710. The Bertz CT molecular complexity index is 844. The largest absolute Gasteiger partial charge is 0.381 e. The maximum absolute atomic E-state index is 12.4. The number of primary amides is 1. The third-order valence-corrected chi connectivity index (χ3v) is 5.00. The van der Waals surface area contributed by atoms with E-state index in [-0.39, 0.29) is 18.4 Å². The van der Waals surface area contributed by atoms with E-state index in [0.717, 1.165) is 0 Å². The highest BCUT2D eigenvalue weighted by molar-refractivity contribution is 6.04. The van der Waals surface area contributed by atoms with E-state index in [1.54, 1.807) is 48.5 Å². The zero-order chi connectivity index (χ0) is 20.0. The predicted octanol–water partition coefficient (Wildman–Crippen LogP) is 1.95. The van der Waals surface area contributed by atoms with Gasteiger partial charge in [-0.05, 0) is 49.2 Å². The van der Waals surface area contributed by atoms with Crippen molar-refractivity contribution in [3.05, 3.63) is 65.7 Å². The van der Waals surface area contributed by atoms with Crippen LogP contribution in [0.5, 0.6) is 0 Å². The van der Waals surface area contributed by atoms with Crippen molar-refractivity contribution in [3.63, 3.8) is 0 Å². The van der Waals surface area contributed by atoms with E-state index in [1.165, 1.54) is 0 Å². The fourth-order valence-electron chi connectivity index (χ4n) is 3.12. The first kappa shape index (κ1) is 19.6. The van der Waals surface area contributed by atoms with Crippen molar-refractivity contribution in [1.29, 1.82) is 0 Å². The highest BCUT2D eigenvalue weighted by atomic mass is 16.5. The molecule has 1 saturated heterocycles. The smallest absolute Gasteiger partial charge is 0.255 e. The molecule has 1 aliphatic rings. The SMILES string of the molecule is NC(=O)C1(CNC(=O)c2ccc(NC(=O)c3ccccc3)cc2)CCOCC1. The van der Waals surface area contributed by atoms with Gasteiger partial charge in [0.2, 0.25) is 5.91 Å². The second-order valence-corrected chi connectivity index (χ2v) is 6.84. The monoisotopic (exact) mass is 381 g/mol. The van der Waals surface area contributed by atoms with Gasteiger partial charge in [0.1, 0.15) is 0 Å². The average molecular weight is 381 g/mol. The lowest BCUT2D eigenvalue weighted by atomic mass is 9.79. The minimum Gasteiger partial charge on any atom is -0.381 e. The van der Waals surface area contributed by atoms with Gasteiger partial charge in [-0.25, -0.2) is 0 Å². The summed E-state index contributed by atoms with van der Waals surface area (Å²) < 4.78 is 5.29. The van der Waals surface area contributed by atoms with Crippen molar-refractivity contribution >= 4 is 23.4 Å². The first-order chi connectivity index (χ1) is 13.5. The Balaban J connectivity index is 1.59. The van der Waals surface area contributed by atoms with Gasteiger partial charge in [0.25, 0.3) is 11.8 Å². The zero-order valence-corrected chi connectivity index (χ0v) is 15.4. The topological polar surface area (TPSA) is 111 Å². The number of hydrogen-bond acceptors (Lipinski definition) is 4. The Kier molecular flexibility index (Phi) is 6.06. The number of nitrogens with one attached hydrogen (secondary N) is 2. The molecular weight excluding hydrogens is 358 g/mol. The van der Waals surface area contributed by atoms with Crippen LogP contribution in [0.4, 0.5) is 5.69 Å². The fraction of sp³-hybridized carbons (Fsp3) is 0.286. The molecule has 0 atom stereocenters. The van der Waals surface area contributed by atoms with Crippen LogP contribution in [0, 0.1) is 5.41 Å². The van der Waals surface area contributed by atoms with Gasteiger partial charge in [-0.2, -0.15) is 0 Å². The molecular formula is C21H23N3O4. The first-order valence-electron chi connectivity index (χ1n) is 9.12. The average Bonchev–Trinajstić information content (AvgIpc) is 2.73. The second kappa shape index (κ2) is 8.67. The predicted molar refractivity (Wildman–Crippen MR) is 105 cm³/mol. The number of rotatable bonds is 6. The molecule has 0 saturated carbocycles. The van der Waals surface area contributed by atoms with Gasteiger partial charge in [0.05, 0.1) is 5.41 Å². The van der Waals surface area contributed by atoms with Crippen LogP contribution in [-0.4, -0.2) is 37.5 Å². The molecule has 3 rings (SSSR count). The molecule has 146 valence electrons. The summed E-state index contributed by atoms with van der Waals surface area (Å²) in [5.41, 5.74) is 6.36. The van der Waals surface area contributed by atoms with Crippen LogP contribution in [0.2, 0.25) is 0 Å². The summed E-state index contributed by atoms with van der Waals surface area (Å²) in [5, 5.41) is 5.58. The summed E-state index contributed by atoms with van der Waals surface area (Å²) in [7, 11) is 0. The number of anilines is 1. The van der Waals surface area contributed by atoms with Crippen molar-refractivity contribution in [2.45, 2.75) is 12.8 Å². The molecule has 0 aromatic heterocycles. The Labute approximate surface area is 163 Å². The minimum absolute atomic E-state index is 0.178. The highest BCUT2D eigenvalue weighted by Gasteiger charge is 2.38. The standard InChI is InChI=1S/C21H23N3O4/c22-20(27)21(10-12-28-13-11-21)14-23-18(25)16-6-8-17(9-7-16)24-19(26)15-4-2-1-3-5-15/h1-9H,10-14H2,(H2,22,27)(H,23,25)(H,24,26). The van der Waals surface area contributed by atoms with E-state index in [2.05, 4.69) is 10.6 Å². The molecule has 0 spiro atoms. The summed E-state index contributed by atoms with van der Waals surface area (Å²) in [4.78, 5) is 36.5. The lowest BCUT2D eigenvalue weighted by Gasteiger charge is -2.34. The lowest BCUT2D eigenvalue weighted by molar-refractivity contribution is -0.132. The number of carbonyl (C=O) groups is 3. The van der Waals surface area contributed by atoms with Gasteiger partial charge in [0.15, 0.2) is 0 Å². The van der Waals surface area contributed by atoms with Crippen LogP contribution < -0.4 is 16.4 Å². The molecule has 4 N–H and O–H groups in total. The van der Waals surface area contributed by atoms with Crippen LogP contribution in [0.15, 0.2) is 54.6 Å². The third kappa shape index (κ3) is 4.55. The van der Waals surface area contributed by atoms with Crippen molar-refractivity contribution in [3.8, 4) is 0 Å². The molecule has 2 aromatic rings. The number of nitrogens with two attached hydrogens (primary N) is 1. The molecule has 3 amide bonds. The zero-order valence-electron chi connectivity index (χ0n) is 15.4. The molecule has 2 aromatic carbocycles. The Morgan fingerprint density at radius 3 is 2.11 bits per heavy atom. The molecule has 1 fully saturated rings. The van der Waals surface area contributed by atoms with Gasteiger partial charge in [-0.15, -0.1) is 0 Å². The molecule has 28 heavy (non-hydrogen) atoms. The summed E-state index contributed by atoms with van der Waals surface area (Å²) in [6, 6.07) is 15.4. The van der Waals surface area contributed by atoms with Crippen LogP contribution in [0.3, 0.4) is 0 Å². The van der Waals surface area contributed by atoms with Crippen molar-refractivity contribution < 1.29 is 19.1 Å². The summed E-state index contributed by atoms with van der Waals surface area (Å²) in [5.74, 6) is -0.941. The highest BCUT2D eigenvalue weighted by Crippen LogP contribution is 2.29. The fourth-order valence-corrected chi connectivity index (χ4v) is 3.12. The molecule has 0 bridgehead atoms. The molecule has 7 nitrogen and oxygen atoms in total. The first-order valence-corrected chi connectivity index (χ1v) is 9.12. The van der Waals surface area contributed by atoms with Gasteiger partial charge < -0.3 is 21.1 Å². The number of ether oxygens (including phenoxy) is 1. The number of carbonyl (C=O) groups excluding carboxylic acids is 3. The van der Waals surface area contributed by atoms with Crippen LogP contribution in [0.1, 0.15) is 33.6 Å². The lowest BCUT2D eigenvalue weighted by Crippen LogP contribution is -2.49. The Morgan fingerprint density at radius 2 is 1.50 bits per heavy atom. The molecule has 0 radical (unpaired) electrons. The van der Waals surface area contributed by atoms with E-state index in [1.807, 2.05) is 6.07 Å². The van der Waals surface area contributed by atoms with E-state index in [0.29, 0.717) is 42.9 Å². The van der Waals surface area contributed by atoms with Crippen LogP contribution in [-0.2, 0) is 9.53 Å². The minimum atomic E-state index is -0.766. The van der Waals surface area contributed by atoms with Gasteiger partial charge >= 0.3 is 0 Å². The van der Waals surface area contributed by atoms with E-state index < -0.39 is 11.3 Å². The van der Waals surface area contributed by atoms with E-state index >= 15 is 0 Å². The van der Waals surface area contributed by atoms with Gasteiger partial charge in [-0.1, -0.05) is 18.2 Å². The van der Waals surface area contributed by atoms with Crippen molar-refractivity contribution in [2.24, 2.45) is 11.1 Å². The van der Waals surface area contributed by atoms with Crippen LogP contribution >= 0.6 is 0 Å². The molecule has 0 aliphatic carbocycles. The van der Waals surface area contributed by atoms with Crippen molar-refractivity contribution in [1.82, 2.24) is 5.32 Å². The second-order valence-electron chi connectivity index (χ2n) is 6.84. The summed E-state index contributed by atoms with van der Waals surface area (Å²) >= 11 is 0. The molecule has 0 unspecified atom stereocenters. The Hall–Kier alpha value is -3.19. The van der Waals surface area contributed by atoms with E-state index in [9.17, 15) is 14.4 Å². The Morgan fingerprint density at radius 1 is 0.893 bits per heavy atom. The summed E-state index contributed by atoms with van der Waals surface area (Å²) in [6.45, 7) is 1.08. The normalized spacial score (nSPS) is 15.4. The van der Waals surface area contributed by atoms with Crippen LogP contribution in [0.25, 0.3) is 0 Å². The summed E-state index contributed by atoms with van der Waals surface area (Å²) in [6.07, 6.45) is 0.986. The number of amides is 3.